The predicted octanol–water partition coefficient (Wildman–Crippen LogP) is 4.34. The van der Waals surface area contributed by atoms with Crippen LogP contribution in [0.15, 0.2) is 24.3 Å². The fourth-order valence-electron chi connectivity index (χ4n) is 2.57. The van der Waals surface area contributed by atoms with Gasteiger partial charge < -0.3 is 5.32 Å². The molecule has 1 aromatic carbocycles. The van der Waals surface area contributed by atoms with Crippen molar-refractivity contribution >= 4 is 0 Å². The Hall–Kier alpha value is -0.820. The van der Waals surface area contributed by atoms with Crippen LogP contribution in [0, 0.1) is 11.8 Å². The van der Waals surface area contributed by atoms with Crippen LogP contribution in [-0.2, 0) is 6.42 Å². The molecule has 1 aromatic rings. The van der Waals surface area contributed by atoms with Crippen LogP contribution in [-0.4, -0.2) is 6.54 Å². The Kier molecular flexibility index (Phi) is 4.82. The molecular formula is C17H27N. The highest BCUT2D eigenvalue weighted by atomic mass is 14.9. The van der Waals surface area contributed by atoms with Gasteiger partial charge in [-0.25, -0.2) is 0 Å². The molecule has 1 fully saturated rings. The monoisotopic (exact) mass is 245 g/mol. The van der Waals surface area contributed by atoms with E-state index in [4.69, 9.17) is 0 Å². The van der Waals surface area contributed by atoms with Crippen LogP contribution < -0.4 is 5.32 Å². The van der Waals surface area contributed by atoms with Crippen molar-refractivity contribution in [1.82, 2.24) is 5.32 Å². The Balaban J connectivity index is 1.83. The lowest BCUT2D eigenvalue weighted by atomic mass is 9.85. The summed E-state index contributed by atoms with van der Waals surface area (Å²) in [6, 6.07) is 9.64. The largest absolute Gasteiger partial charge is 0.310 e. The first-order valence-electron chi connectivity index (χ1n) is 7.47. The minimum Gasteiger partial charge on any atom is -0.310 e. The second-order valence-corrected chi connectivity index (χ2v) is 6.27. The first-order chi connectivity index (χ1) is 8.65. The van der Waals surface area contributed by atoms with Gasteiger partial charge in [0.25, 0.3) is 0 Å². The molecule has 1 saturated carbocycles. The summed E-state index contributed by atoms with van der Waals surface area (Å²) in [5, 5.41) is 3.66. The van der Waals surface area contributed by atoms with Gasteiger partial charge >= 0.3 is 0 Å². The van der Waals surface area contributed by atoms with E-state index in [1.54, 1.807) is 0 Å². The van der Waals surface area contributed by atoms with Gasteiger partial charge in [-0.1, -0.05) is 44.5 Å². The normalized spacial score (nSPS) is 17.8. The molecule has 100 valence electrons. The average Bonchev–Trinajstić information content (AvgIpc) is 2.27. The van der Waals surface area contributed by atoms with E-state index < -0.39 is 0 Å². The van der Waals surface area contributed by atoms with Crippen LogP contribution in [0.4, 0.5) is 0 Å². The van der Waals surface area contributed by atoms with E-state index in [9.17, 15) is 0 Å². The van der Waals surface area contributed by atoms with Crippen molar-refractivity contribution in [2.75, 3.05) is 6.54 Å². The lowest BCUT2D eigenvalue weighted by Gasteiger charge is -2.27. The molecule has 1 aliphatic rings. The van der Waals surface area contributed by atoms with Crippen molar-refractivity contribution < 1.29 is 0 Å². The zero-order valence-electron chi connectivity index (χ0n) is 12.1. The highest BCUT2D eigenvalue weighted by Gasteiger charge is 2.17. The summed E-state index contributed by atoms with van der Waals surface area (Å²) >= 11 is 0. The van der Waals surface area contributed by atoms with Gasteiger partial charge in [-0.3, -0.25) is 0 Å². The second-order valence-electron chi connectivity index (χ2n) is 6.27. The zero-order chi connectivity index (χ0) is 13.0. The molecule has 0 spiro atoms. The molecule has 1 unspecified atom stereocenters. The molecule has 18 heavy (non-hydrogen) atoms. The Labute approximate surface area is 112 Å². The smallest absolute Gasteiger partial charge is 0.0291 e. The third-order valence-electron chi connectivity index (χ3n) is 4.06. The van der Waals surface area contributed by atoms with E-state index in [-0.39, 0.29) is 0 Å². The van der Waals surface area contributed by atoms with Crippen LogP contribution in [0.2, 0.25) is 0 Å². The molecule has 0 heterocycles. The van der Waals surface area contributed by atoms with E-state index in [2.05, 4.69) is 50.4 Å². The Morgan fingerprint density at radius 2 is 1.78 bits per heavy atom. The van der Waals surface area contributed by atoms with E-state index in [1.165, 1.54) is 43.4 Å². The second kappa shape index (κ2) is 6.38. The van der Waals surface area contributed by atoms with E-state index in [0.717, 1.165) is 11.8 Å². The molecule has 1 N–H and O–H groups in total. The first kappa shape index (κ1) is 13.6. The summed E-state index contributed by atoms with van der Waals surface area (Å²) in [4.78, 5) is 0. The minimum atomic E-state index is 0.485. The van der Waals surface area contributed by atoms with E-state index in [1.807, 2.05) is 0 Å². The summed E-state index contributed by atoms with van der Waals surface area (Å²) in [6.45, 7) is 8.01. The van der Waals surface area contributed by atoms with Gasteiger partial charge in [0.1, 0.15) is 0 Å². The van der Waals surface area contributed by atoms with Crippen LogP contribution >= 0.6 is 0 Å². The molecule has 0 bridgehead atoms. The first-order valence-corrected chi connectivity index (χ1v) is 7.47. The summed E-state index contributed by atoms with van der Waals surface area (Å²) in [5.41, 5.74) is 2.88. The fourth-order valence-corrected chi connectivity index (χ4v) is 2.57. The molecule has 1 aliphatic carbocycles. The van der Waals surface area contributed by atoms with Gasteiger partial charge in [-0.2, -0.15) is 0 Å². The molecule has 0 radical (unpaired) electrons. The quantitative estimate of drug-likeness (QED) is 0.786. The van der Waals surface area contributed by atoms with Gasteiger partial charge in [0.2, 0.25) is 0 Å². The predicted molar refractivity (Wildman–Crippen MR) is 78.7 cm³/mol. The van der Waals surface area contributed by atoms with Gasteiger partial charge in [0, 0.05) is 6.04 Å². The summed E-state index contributed by atoms with van der Waals surface area (Å²) in [5.74, 6) is 1.68. The topological polar surface area (TPSA) is 12.0 Å². The molecule has 0 saturated heterocycles. The van der Waals surface area contributed by atoms with E-state index in [0.29, 0.717) is 6.04 Å². The molecule has 0 aliphatic heterocycles. The molecule has 1 heteroatoms. The summed E-state index contributed by atoms with van der Waals surface area (Å²) < 4.78 is 0. The molecule has 2 rings (SSSR count). The number of benzene rings is 1. The maximum absolute atomic E-state index is 3.66. The number of nitrogens with one attached hydrogen (secondary N) is 1. The van der Waals surface area contributed by atoms with Gasteiger partial charge in [0.05, 0.1) is 0 Å². The van der Waals surface area contributed by atoms with Gasteiger partial charge in [-0.15, -0.1) is 0 Å². The highest BCUT2D eigenvalue weighted by molar-refractivity contribution is 5.25. The number of rotatable bonds is 6. The zero-order valence-corrected chi connectivity index (χ0v) is 12.1. The highest BCUT2D eigenvalue weighted by Crippen LogP contribution is 2.26. The number of hydrogen-bond donors (Lipinski definition) is 1. The van der Waals surface area contributed by atoms with Crippen LogP contribution in [0.1, 0.15) is 57.2 Å². The molecule has 1 nitrogen and oxygen atoms in total. The fraction of sp³-hybridized carbons (Fsp3) is 0.647. The van der Waals surface area contributed by atoms with Gasteiger partial charge in [-0.05, 0) is 55.7 Å². The van der Waals surface area contributed by atoms with Crippen molar-refractivity contribution in [2.45, 2.75) is 52.5 Å². The molecule has 1 atom stereocenters. The maximum atomic E-state index is 3.66. The third kappa shape index (κ3) is 3.84. The van der Waals surface area contributed by atoms with Gasteiger partial charge in [0.15, 0.2) is 0 Å². The lowest BCUT2D eigenvalue weighted by Crippen LogP contribution is -2.29. The lowest BCUT2D eigenvalue weighted by molar-refractivity contribution is 0.292. The van der Waals surface area contributed by atoms with Crippen molar-refractivity contribution in [3.05, 3.63) is 35.4 Å². The molecular weight excluding hydrogens is 218 g/mol. The minimum absolute atomic E-state index is 0.485. The summed E-state index contributed by atoms with van der Waals surface area (Å²) in [7, 11) is 0. The summed E-state index contributed by atoms with van der Waals surface area (Å²) in [6.07, 6.45) is 5.47. The molecule has 0 amide bonds. The Bertz CT molecular complexity index is 348. The van der Waals surface area contributed by atoms with Crippen molar-refractivity contribution in [1.29, 1.82) is 0 Å². The van der Waals surface area contributed by atoms with Crippen molar-refractivity contribution in [2.24, 2.45) is 11.8 Å². The van der Waals surface area contributed by atoms with Crippen molar-refractivity contribution in [3.63, 3.8) is 0 Å². The van der Waals surface area contributed by atoms with E-state index >= 15 is 0 Å². The van der Waals surface area contributed by atoms with Crippen LogP contribution in [0.5, 0.6) is 0 Å². The number of hydrogen-bond acceptors (Lipinski definition) is 1. The maximum Gasteiger partial charge on any atom is 0.0291 e. The average molecular weight is 245 g/mol. The SMILES string of the molecule is CC(C)Cc1ccc(C(C)NCC2CCC2)cc1. The van der Waals surface area contributed by atoms with Crippen molar-refractivity contribution in [3.8, 4) is 0 Å². The standard InChI is InChI=1S/C17H27N/c1-13(2)11-15-7-9-17(10-8-15)14(3)18-12-16-5-4-6-16/h7-10,13-14,16,18H,4-6,11-12H2,1-3H3. The Morgan fingerprint density at radius 1 is 1.11 bits per heavy atom. The third-order valence-corrected chi connectivity index (χ3v) is 4.06. The Morgan fingerprint density at radius 3 is 2.28 bits per heavy atom. The van der Waals surface area contributed by atoms with Crippen LogP contribution in [0.25, 0.3) is 0 Å². The van der Waals surface area contributed by atoms with Crippen LogP contribution in [0.3, 0.4) is 0 Å². The molecule has 0 aromatic heterocycles.